The second-order valence-corrected chi connectivity index (χ2v) is 3.67. The molecule has 1 N–H and O–H groups in total. The Balaban J connectivity index is 3.20. The molecule has 4 nitrogen and oxygen atoms in total. The number of carbonyl (C=O) groups excluding carboxylic acids is 1. The molecule has 0 aliphatic carbocycles. The molecule has 0 radical (unpaired) electrons. The van der Waals surface area contributed by atoms with E-state index in [0.717, 1.165) is 0 Å². The first-order valence-corrected chi connectivity index (χ1v) is 4.88. The van der Waals surface area contributed by atoms with Crippen molar-refractivity contribution in [1.82, 2.24) is 4.90 Å². The first-order valence-electron chi connectivity index (χ1n) is 4.88. The molecule has 0 aromatic carbocycles. The van der Waals surface area contributed by atoms with Gasteiger partial charge in [-0.05, 0) is 12.8 Å². The van der Waals surface area contributed by atoms with Gasteiger partial charge in [-0.15, -0.1) is 0 Å². The molecule has 0 aromatic rings. The van der Waals surface area contributed by atoms with Gasteiger partial charge in [0, 0.05) is 13.0 Å². The van der Waals surface area contributed by atoms with E-state index in [2.05, 4.69) is 0 Å². The molecule has 1 aliphatic rings. The van der Waals surface area contributed by atoms with Crippen LogP contribution in [0, 0.1) is 0 Å². The van der Waals surface area contributed by atoms with Gasteiger partial charge in [0.25, 0.3) is 0 Å². The molecule has 1 atom stereocenters. The number of aliphatic carboxylic acids is 1. The van der Waals surface area contributed by atoms with E-state index in [1.54, 1.807) is 0 Å². The van der Waals surface area contributed by atoms with Gasteiger partial charge in [-0.25, -0.2) is 4.79 Å². The maximum Gasteiger partial charge on any atom is 0.422 e. The highest BCUT2D eigenvalue weighted by molar-refractivity contribution is 5.88. The van der Waals surface area contributed by atoms with E-state index in [9.17, 15) is 22.8 Å². The lowest BCUT2D eigenvalue weighted by molar-refractivity contribution is -0.230. The van der Waals surface area contributed by atoms with Crippen LogP contribution in [-0.4, -0.2) is 40.1 Å². The molecule has 92 valence electrons. The predicted molar refractivity (Wildman–Crippen MR) is 47.7 cm³/mol. The first kappa shape index (κ1) is 12.8. The Morgan fingerprint density at radius 1 is 1.44 bits per heavy atom. The zero-order valence-corrected chi connectivity index (χ0v) is 8.67. The van der Waals surface area contributed by atoms with Crippen LogP contribution in [0.4, 0.5) is 13.2 Å². The van der Waals surface area contributed by atoms with Crippen LogP contribution in [-0.2, 0) is 9.59 Å². The standard InChI is InChI=1S/C9H12F3NO3/c1-2-6(14)13-5-3-4-8(13,7(15)16)9(10,11)12/h2-5H2,1H3,(H,15,16). The summed E-state index contributed by atoms with van der Waals surface area (Å²) in [6, 6.07) is 0. The van der Waals surface area contributed by atoms with Crippen LogP contribution >= 0.6 is 0 Å². The number of amides is 1. The van der Waals surface area contributed by atoms with Crippen molar-refractivity contribution in [2.24, 2.45) is 0 Å². The minimum Gasteiger partial charge on any atom is -0.479 e. The van der Waals surface area contributed by atoms with Gasteiger partial charge in [0.1, 0.15) is 0 Å². The number of carboxylic acid groups (broad SMARTS) is 1. The molecule has 1 rings (SSSR count). The van der Waals surface area contributed by atoms with Crippen LogP contribution < -0.4 is 0 Å². The highest BCUT2D eigenvalue weighted by atomic mass is 19.4. The summed E-state index contributed by atoms with van der Waals surface area (Å²) in [5.41, 5.74) is -3.03. The number of halogens is 3. The normalized spacial score (nSPS) is 25.9. The fraction of sp³-hybridized carbons (Fsp3) is 0.778. The topological polar surface area (TPSA) is 57.6 Å². The molecule has 1 amide bonds. The van der Waals surface area contributed by atoms with Crippen LogP contribution in [0.2, 0.25) is 0 Å². The molecule has 0 saturated carbocycles. The van der Waals surface area contributed by atoms with E-state index in [1.807, 2.05) is 0 Å². The van der Waals surface area contributed by atoms with Crippen molar-refractivity contribution in [1.29, 1.82) is 0 Å². The van der Waals surface area contributed by atoms with Crippen molar-refractivity contribution >= 4 is 11.9 Å². The monoisotopic (exact) mass is 239 g/mol. The number of nitrogens with zero attached hydrogens (tertiary/aromatic N) is 1. The largest absolute Gasteiger partial charge is 0.479 e. The second kappa shape index (κ2) is 3.95. The van der Waals surface area contributed by atoms with Gasteiger partial charge in [0.15, 0.2) is 0 Å². The average Bonchev–Trinajstić information content (AvgIpc) is 2.60. The highest BCUT2D eigenvalue weighted by Crippen LogP contribution is 2.43. The molecule has 1 heterocycles. The van der Waals surface area contributed by atoms with Gasteiger partial charge in [0.2, 0.25) is 11.4 Å². The number of carbonyl (C=O) groups is 2. The molecule has 7 heteroatoms. The Morgan fingerprint density at radius 3 is 2.38 bits per heavy atom. The van der Waals surface area contributed by atoms with E-state index in [1.165, 1.54) is 6.92 Å². The fourth-order valence-corrected chi connectivity index (χ4v) is 1.99. The molecule has 1 saturated heterocycles. The summed E-state index contributed by atoms with van der Waals surface area (Å²) in [6.45, 7) is 1.25. The molecule has 0 spiro atoms. The molecule has 1 aliphatic heterocycles. The summed E-state index contributed by atoms with van der Waals surface area (Å²) in [5.74, 6) is -2.78. The Kier molecular flexibility index (Phi) is 3.16. The lowest BCUT2D eigenvalue weighted by Crippen LogP contribution is -2.62. The van der Waals surface area contributed by atoms with Gasteiger partial charge < -0.3 is 10.0 Å². The van der Waals surface area contributed by atoms with Crippen molar-refractivity contribution in [3.05, 3.63) is 0 Å². The minimum atomic E-state index is -4.94. The van der Waals surface area contributed by atoms with Gasteiger partial charge in [-0.2, -0.15) is 13.2 Å². The third-order valence-corrected chi connectivity index (χ3v) is 2.81. The number of carboxylic acids is 1. The molecule has 1 unspecified atom stereocenters. The molecular weight excluding hydrogens is 227 g/mol. The quantitative estimate of drug-likeness (QED) is 0.792. The zero-order chi connectivity index (χ0) is 12.6. The molecule has 0 bridgehead atoms. The van der Waals surface area contributed by atoms with E-state index in [-0.39, 0.29) is 19.4 Å². The zero-order valence-electron chi connectivity index (χ0n) is 8.67. The predicted octanol–water partition coefficient (Wildman–Crippen LogP) is 1.40. The van der Waals surface area contributed by atoms with Crippen LogP contribution in [0.3, 0.4) is 0 Å². The molecule has 16 heavy (non-hydrogen) atoms. The Labute approximate surface area is 90.0 Å². The van der Waals surface area contributed by atoms with Crippen molar-refractivity contribution < 1.29 is 27.9 Å². The molecular formula is C9H12F3NO3. The molecule has 1 fully saturated rings. The van der Waals surface area contributed by atoms with Gasteiger partial charge in [-0.3, -0.25) is 4.79 Å². The summed E-state index contributed by atoms with van der Waals surface area (Å²) in [7, 11) is 0. The number of hydrogen-bond donors (Lipinski definition) is 1. The first-order chi connectivity index (χ1) is 7.27. The fourth-order valence-electron chi connectivity index (χ4n) is 1.99. The van der Waals surface area contributed by atoms with Gasteiger partial charge in [-0.1, -0.05) is 6.92 Å². The number of hydrogen-bond acceptors (Lipinski definition) is 2. The van der Waals surface area contributed by atoms with E-state index in [0.29, 0.717) is 4.90 Å². The van der Waals surface area contributed by atoms with Crippen molar-refractivity contribution in [2.75, 3.05) is 6.54 Å². The van der Waals surface area contributed by atoms with Crippen LogP contribution in [0.25, 0.3) is 0 Å². The van der Waals surface area contributed by atoms with Gasteiger partial charge in [0.05, 0.1) is 0 Å². The van der Waals surface area contributed by atoms with Crippen LogP contribution in [0.5, 0.6) is 0 Å². The maximum absolute atomic E-state index is 12.8. The van der Waals surface area contributed by atoms with E-state index in [4.69, 9.17) is 5.11 Å². The SMILES string of the molecule is CCC(=O)N1CCCC1(C(=O)O)C(F)(F)F. The van der Waals surface area contributed by atoms with Crippen molar-refractivity contribution in [2.45, 2.75) is 37.9 Å². The van der Waals surface area contributed by atoms with Crippen LogP contribution in [0.15, 0.2) is 0 Å². The Morgan fingerprint density at radius 2 is 2.00 bits per heavy atom. The summed E-state index contributed by atoms with van der Waals surface area (Å²) < 4.78 is 38.5. The number of rotatable bonds is 2. The van der Waals surface area contributed by atoms with Crippen molar-refractivity contribution in [3.63, 3.8) is 0 Å². The lowest BCUT2D eigenvalue weighted by atomic mass is 9.95. The summed E-state index contributed by atoms with van der Waals surface area (Å²) in [4.78, 5) is 22.7. The lowest BCUT2D eigenvalue weighted by Gasteiger charge is -2.35. The minimum absolute atomic E-state index is 0.0531. The van der Waals surface area contributed by atoms with Gasteiger partial charge >= 0.3 is 12.1 Å². The Bertz CT molecular complexity index is 316. The summed E-state index contributed by atoms with van der Waals surface area (Å²) in [6.07, 6.45) is -5.60. The highest BCUT2D eigenvalue weighted by Gasteiger charge is 2.67. The van der Waals surface area contributed by atoms with E-state index >= 15 is 0 Å². The second-order valence-electron chi connectivity index (χ2n) is 3.67. The summed E-state index contributed by atoms with van der Waals surface area (Å²) >= 11 is 0. The summed E-state index contributed by atoms with van der Waals surface area (Å²) in [5, 5.41) is 8.80. The third-order valence-electron chi connectivity index (χ3n) is 2.81. The third kappa shape index (κ3) is 1.64. The smallest absolute Gasteiger partial charge is 0.422 e. The number of likely N-dealkylation sites (tertiary alicyclic amines) is 1. The van der Waals surface area contributed by atoms with Crippen LogP contribution in [0.1, 0.15) is 26.2 Å². The maximum atomic E-state index is 12.8. The average molecular weight is 239 g/mol. The van der Waals surface area contributed by atoms with Crippen molar-refractivity contribution in [3.8, 4) is 0 Å². The molecule has 0 aromatic heterocycles. The van der Waals surface area contributed by atoms with E-state index < -0.39 is 30.0 Å². The number of alkyl halides is 3. The Hall–Kier alpha value is -1.27.